The van der Waals surface area contributed by atoms with Crippen LogP contribution in [0.15, 0.2) is 24.3 Å². The molecule has 1 saturated carbocycles. The molecular formula is C23H32F3N3O. The minimum Gasteiger partial charge on any atom is -0.335 e. The van der Waals surface area contributed by atoms with Crippen molar-refractivity contribution in [2.75, 3.05) is 26.7 Å². The zero-order chi connectivity index (χ0) is 21.5. The minimum atomic E-state index is -4.33. The number of carbonyl (C=O) groups excluding carboxylic acids is 1. The first-order chi connectivity index (χ1) is 14.2. The van der Waals surface area contributed by atoms with Crippen LogP contribution in [0.2, 0.25) is 0 Å². The summed E-state index contributed by atoms with van der Waals surface area (Å²) in [6.07, 6.45) is -0.441. The molecule has 4 rings (SSSR count). The van der Waals surface area contributed by atoms with Crippen molar-refractivity contribution in [3.05, 3.63) is 35.4 Å². The van der Waals surface area contributed by atoms with Crippen LogP contribution in [0, 0.1) is 17.8 Å². The molecule has 1 amide bonds. The zero-order valence-electron chi connectivity index (χ0n) is 17.8. The normalized spacial score (nSPS) is 30.8. The Bertz CT molecular complexity index is 743. The van der Waals surface area contributed by atoms with Gasteiger partial charge in [0.2, 0.25) is 5.91 Å². The van der Waals surface area contributed by atoms with E-state index in [0.717, 1.165) is 43.8 Å². The summed E-state index contributed by atoms with van der Waals surface area (Å²) in [6, 6.07) is 5.99. The lowest BCUT2D eigenvalue weighted by atomic mass is 9.88. The summed E-state index contributed by atoms with van der Waals surface area (Å²) in [4.78, 5) is 17.0. The van der Waals surface area contributed by atoms with Gasteiger partial charge in [-0.3, -0.25) is 4.79 Å². The van der Waals surface area contributed by atoms with Crippen LogP contribution in [0.1, 0.15) is 43.7 Å². The highest BCUT2D eigenvalue weighted by Crippen LogP contribution is 2.46. The van der Waals surface area contributed by atoms with Crippen LogP contribution < -0.4 is 5.32 Å². The van der Waals surface area contributed by atoms with Crippen LogP contribution in [-0.4, -0.2) is 54.5 Å². The van der Waals surface area contributed by atoms with E-state index >= 15 is 0 Å². The number of amides is 1. The van der Waals surface area contributed by atoms with E-state index in [1.54, 1.807) is 0 Å². The largest absolute Gasteiger partial charge is 0.416 e. The van der Waals surface area contributed by atoms with E-state index < -0.39 is 11.7 Å². The van der Waals surface area contributed by atoms with Crippen LogP contribution in [0.5, 0.6) is 0 Å². The molecule has 1 aliphatic carbocycles. The molecule has 0 spiro atoms. The number of piperidine rings is 1. The lowest BCUT2D eigenvalue weighted by Gasteiger charge is -2.31. The summed E-state index contributed by atoms with van der Waals surface area (Å²) in [5.41, 5.74) is 0.115. The molecule has 0 unspecified atom stereocenters. The van der Waals surface area contributed by atoms with E-state index in [-0.39, 0.29) is 11.9 Å². The summed E-state index contributed by atoms with van der Waals surface area (Å²) in [6.45, 7) is 5.89. The van der Waals surface area contributed by atoms with Gasteiger partial charge in [-0.25, -0.2) is 0 Å². The van der Waals surface area contributed by atoms with Crippen LogP contribution >= 0.6 is 0 Å². The molecular weight excluding hydrogens is 391 g/mol. The number of fused-ring (bicyclic) bond motifs is 1. The quantitative estimate of drug-likeness (QED) is 0.783. The van der Waals surface area contributed by atoms with Crippen molar-refractivity contribution >= 4 is 5.91 Å². The summed E-state index contributed by atoms with van der Waals surface area (Å²) in [5, 5.41) is 3.76. The molecule has 0 bridgehead atoms. The van der Waals surface area contributed by atoms with Gasteiger partial charge in [0.1, 0.15) is 0 Å². The number of benzene rings is 1. The van der Waals surface area contributed by atoms with Gasteiger partial charge >= 0.3 is 6.18 Å². The average Bonchev–Trinajstić information content (AvgIpc) is 3.15. The number of nitrogens with one attached hydrogen (secondary N) is 1. The Balaban J connectivity index is 1.37. The van der Waals surface area contributed by atoms with Crippen molar-refractivity contribution in [2.24, 2.45) is 17.8 Å². The standard InChI is InChI=1S/C23H32F3N3O/c1-15-11-21-19(20(15)13-27-18-7-9-28(2)10-8-18)12-22(30)29(21)14-16-3-5-17(6-4-16)23(24,25)26/h3-6,15,18-21,27H,7-14H2,1-2H3/t15-,19-,20+,21+/m0/s1. The van der Waals surface area contributed by atoms with Crippen LogP contribution in [0.25, 0.3) is 0 Å². The SMILES string of the molecule is C[C@H]1C[C@@H]2[C@@H](CC(=O)N2Cc2ccc(C(F)(F)F)cc2)[C@@H]1CNC1CCN(C)CC1. The van der Waals surface area contributed by atoms with E-state index in [1.807, 2.05) is 4.90 Å². The number of hydrogen-bond donors (Lipinski definition) is 1. The van der Waals surface area contributed by atoms with Gasteiger partial charge in [-0.1, -0.05) is 19.1 Å². The van der Waals surface area contributed by atoms with Gasteiger partial charge in [-0.05, 0) is 81.4 Å². The monoisotopic (exact) mass is 423 g/mol. The Labute approximate surface area is 176 Å². The topological polar surface area (TPSA) is 35.6 Å². The number of carbonyl (C=O) groups is 1. The lowest BCUT2D eigenvalue weighted by molar-refractivity contribution is -0.137. The number of nitrogens with zero attached hydrogens (tertiary/aromatic N) is 2. The van der Waals surface area contributed by atoms with Crippen molar-refractivity contribution < 1.29 is 18.0 Å². The lowest BCUT2D eigenvalue weighted by Crippen LogP contribution is -2.43. The van der Waals surface area contributed by atoms with Crippen LogP contribution in [0.4, 0.5) is 13.2 Å². The van der Waals surface area contributed by atoms with Crippen LogP contribution in [0.3, 0.4) is 0 Å². The molecule has 7 heteroatoms. The predicted molar refractivity (Wildman–Crippen MR) is 110 cm³/mol. The Hall–Kier alpha value is -1.60. The first-order valence-corrected chi connectivity index (χ1v) is 11.1. The van der Waals surface area contributed by atoms with Crippen molar-refractivity contribution in [2.45, 2.75) is 57.4 Å². The van der Waals surface area contributed by atoms with Gasteiger partial charge in [0.05, 0.1) is 5.56 Å². The second kappa shape index (κ2) is 8.50. The van der Waals surface area contributed by atoms with Crippen LogP contribution in [-0.2, 0) is 17.5 Å². The molecule has 1 N–H and O–H groups in total. The summed E-state index contributed by atoms with van der Waals surface area (Å²) in [7, 11) is 2.16. The van der Waals surface area contributed by atoms with Gasteiger partial charge in [-0.2, -0.15) is 13.2 Å². The first kappa shape index (κ1) is 21.6. The number of rotatable bonds is 5. The molecule has 30 heavy (non-hydrogen) atoms. The predicted octanol–water partition coefficient (Wildman–Crippen LogP) is 3.76. The van der Waals surface area contributed by atoms with Gasteiger partial charge < -0.3 is 15.1 Å². The van der Waals surface area contributed by atoms with Gasteiger partial charge in [0.15, 0.2) is 0 Å². The van der Waals surface area contributed by atoms with E-state index in [0.29, 0.717) is 36.8 Å². The fourth-order valence-electron chi connectivity index (χ4n) is 5.66. The van der Waals surface area contributed by atoms with Crippen molar-refractivity contribution in [1.82, 2.24) is 15.1 Å². The number of alkyl halides is 3. The third-order valence-corrected chi connectivity index (χ3v) is 7.51. The average molecular weight is 424 g/mol. The Morgan fingerprint density at radius 1 is 1.13 bits per heavy atom. The third-order valence-electron chi connectivity index (χ3n) is 7.51. The second-order valence-corrected chi connectivity index (χ2v) is 9.51. The molecule has 1 aromatic carbocycles. The second-order valence-electron chi connectivity index (χ2n) is 9.51. The number of likely N-dealkylation sites (tertiary alicyclic amines) is 2. The van der Waals surface area contributed by atoms with E-state index in [1.165, 1.54) is 25.0 Å². The summed E-state index contributed by atoms with van der Waals surface area (Å²) >= 11 is 0. The van der Waals surface area contributed by atoms with E-state index in [4.69, 9.17) is 0 Å². The molecule has 3 aliphatic rings. The van der Waals surface area contributed by atoms with E-state index in [2.05, 4.69) is 24.2 Å². The molecule has 2 aliphatic heterocycles. The first-order valence-electron chi connectivity index (χ1n) is 11.1. The Kier molecular flexibility index (Phi) is 6.13. The number of hydrogen-bond acceptors (Lipinski definition) is 3. The molecule has 4 nitrogen and oxygen atoms in total. The van der Waals surface area contributed by atoms with Crippen molar-refractivity contribution in [1.29, 1.82) is 0 Å². The Morgan fingerprint density at radius 3 is 2.43 bits per heavy atom. The highest BCUT2D eigenvalue weighted by Gasteiger charge is 2.50. The highest BCUT2D eigenvalue weighted by atomic mass is 19.4. The molecule has 4 atom stereocenters. The summed E-state index contributed by atoms with van der Waals surface area (Å²) in [5.74, 6) is 1.51. The fourth-order valence-corrected chi connectivity index (χ4v) is 5.66. The molecule has 0 radical (unpaired) electrons. The molecule has 1 aromatic rings. The van der Waals surface area contributed by atoms with Gasteiger partial charge in [0.25, 0.3) is 0 Å². The zero-order valence-corrected chi connectivity index (χ0v) is 17.8. The van der Waals surface area contributed by atoms with Crippen molar-refractivity contribution in [3.63, 3.8) is 0 Å². The molecule has 2 saturated heterocycles. The number of halogens is 3. The third kappa shape index (κ3) is 4.52. The smallest absolute Gasteiger partial charge is 0.335 e. The maximum atomic E-state index is 12.8. The van der Waals surface area contributed by atoms with E-state index in [9.17, 15) is 18.0 Å². The minimum absolute atomic E-state index is 0.140. The van der Waals surface area contributed by atoms with Gasteiger partial charge in [0, 0.05) is 25.0 Å². The van der Waals surface area contributed by atoms with Crippen molar-refractivity contribution in [3.8, 4) is 0 Å². The molecule has 0 aromatic heterocycles. The molecule has 3 fully saturated rings. The highest BCUT2D eigenvalue weighted by molar-refractivity contribution is 5.79. The fraction of sp³-hybridized carbons (Fsp3) is 0.696. The maximum absolute atomic E-state index is 12.8. The summed E-state index contributed by atoms with van der Waals surface area (Å²) < 4.78 is 38.4. The molecule has 2 heterocycles. The van der Waals surface area contributed by atoms with Gasteiger partial charge in [-0.15, -0.1) is 0 Å². The maximum Gasteiger partial charge on any atom is 0.416 e. The molecule has 166 valence electrons. The Morgan fingerprint density at radius 2 is 1.80 bits per heavy atom.